The van der Waals surface area contributed by atoms with Gasteiger partial charge in [-0.1, -0.05) is 0 Å². The summed E-state index contributed by atoms with van der Waals surface area (Å²) in [7, 11) is 1.42. The molecular formula is C15H11F3N4O2. The molecule has 0 saturated heterocycles. The van der Waals surface area contributed by atoms with Crippen LogP contribution in [-0.4, -0.2) is 33.5 Å². The zero-order valence-electron chi connectivity index (χ0n) is 12.4. The van der Waals surface area contributed by atoms with Gasteiger partial charge in [0.2, 0.25) is 0 Å². The van der Waals surface area contributed by atoms with Crippen LogP contribution in [0.3, 0.4) is 0 Å². The number of benzene rings is 1. The van der Waals surface area contributed by atoms with E-state index in [1.54, 1.807) is 12.3 Å². The highest BCUT2D eigenvalue weighted by molar-refractivity contribution is 5.70. The second-order valence-electron chi connectivity index (χ2n) is 4.62. The van der Waals surface area contributed by atoms with Crippen LogP contribution < -0.4 is 9.47 Å². The van der Waals surface area contributed by atoms with Gasteiger partial charge in [-0.2, -0.15) is 13.9 Å². The number of alkyl halides is 2. The maximum absolute atomic E-state index is 12.9. The zero-order valence-corrected chi connectivity index (χ0v) is 12.4. The molecule has 0 fully saturated rings. The van der Waals surface area contributed by atoms with Crippen molar-refractivity contribution in [2.24, 2.45) is 0 Å². The molecule has 0 aliphatic heterocycles. The molecule has 124 valence electrons. The van der Waals surface area contributed by atoms with Crippen molar-refractivity contribution in [1.82, 2.24) is 19.7 Å². The van der Waals surface area contributed by atoms with E-state index in [1.165, 1.54) is 30.1 Å². The molecule has 2 heterocycles. The van der Waals surface area contributed by atoms with Crippen LogP contribution in [0.1, 0.15) is 0 Å². The highest BCUT2D eigenvalue weighted by Gasteiger charge is 2.13. The van der Waals surface area contributed by atoms with Crippen LogP contribution in [0.5, 0.6) is 11.5 Å². The van der Waals surface area contributed by atoms with Crippen molar-refractivity contribution < 1.29 is 22.6 Å². The number of hydrogen-bond acceptors (Lipinski definition) is 5. The van der Waals surface area contributed by atoms with Gasteiger partial charge >= 0.3 is 6.61 Å². The van der Waals surface area contributed by atoms with Gasteiger partial charge in [-0.25, -0.2) is 19.0 Å². The Morgan fingerprint density at radius 1 is 1.12 bits per heavy atom. The fourth-order valence-electron chi connectivity index (χ4n) is 2.08. The maximum Gasteiger partial charge on any atom is 0.387 e. The average Bonchev–Trinajstić information content (AvgIpc) is 3.04. The number of methoxy groups -OCH3 is 1. The summed E-state index contributed by atoms with van der Waals surface area (Å²) in [6.07, 6.45) is 5.19. The SMILES string of the molecule is COc1cc(OC(F)F)ccc1-c1cnn(-c2ncc(F)cn2)c1. The zero-order chi connectivity index (χ0) is 17.1. The second-order valence-corrected chi connectivity index (χ2v) is 4.62. The van der Waals surface area contributed by atoms with Gasteiger partial charge in [0.15, 0.2) is 5.82 Å². The van der Waals surface area contributed by atoms with Gasteiger partial charge in [-0.15, -0.1) is 0 Å². The molecule has 0 aliphatic rings. The van der Waals surface area contributed by atoms with E-state index < -0.39 is 12.4 Å². The first-order chi connectivity index (χ1) is 11.6. The van der Waals surface area contributed by atoms with E-state index >= 15 is 0 Å². The molecule has 9 heteroatoms. The quantitative estimate of drug-likeness (QED) is 0.716. The number of rotatable bonds is 5. The van der Waals surface area contributed by atoms with E-state index in [9.17, 15) is 13.2 Å². The fraction of sp³-hybridized carbons (Fsp3) is 0.133. The van der Waals surface area contributed by atoms with E-state index in [0.29, 0.717) is 16.9 Å². The maximum atomic E-state index is 12.9. The lowest BCUT2D eigenvalue weighted by Gasteiger charge is -2.10. The Balaban J connectivity index is 1.93. The predicted molar refractivity (Wildman–Crippen MR) is 77.7 cm³/mol. The summed E-state index contributed by atoms with van der Waals surface area (Å²) < 4.78 is 48.3. The van der Waals surface area contributed by atoms with E-state index in [-0.39, 0.29) is 11.7 Å². The molecule has 0 radical (unpaired) electrons. The van der Waals surface area contributed by atoms with Crippen molar-refractivity contribution in [3.63, 3.8) is 0 Å². The number of hydrogen-bond donors (Lipinski definition) is 0. The normalized spacial score (nSPS) is 10.9. The molecule has 0 bridgehead atoms. The minimum atomic E-state index is -2.92. The Kier molecular flexibility index (Phi) is 4.32. The summed E-state index contributed by atoms with van der Waals surface area (Å²) in [6.45, 7) is -2.92. The minimum absolute atomic E-state index is 0.0140. The Hall–Kier alpha value is -3.10. The van der Waals surface area contributed by atoms with Crippen LogP contribution >= 0.6 is 0 Å². The second kappa shape index (κ2) is 6.57. The molecule has 0 amide bonds. The van der Waals surface area contributed by atoms with Crippen LogP contribution in [0, 0.1) is 5.82 Å². The molecule has 1 aromatic carbocycles. The molecule has 0 spiro atoms. The number of ether oxygens (including phenoxy) is 2. The van der Waals surface area contributed by atoms with Gasteiger partial charge in [0.1, 0.15) is 11.5 Å². The predicted octanol–water partition coefficient (Wildman–Crippen LogP) is 3.08. The van der Waals surface area contributed by atoms with Crippen molar-refractivity contribution in [3.8, 4) is 28.6 Å². The Labute approximate surface area is 134 Å². The Morgan fingerprint density at radius 3 is 2.54 bits per heavy atom. The topological polar surface area (TPSA) is 62.1 Å². The van der Waals surface area contributed by atoms with Gasteiger partial charge in [0, 0.05) is 23.4 Å². The molecule has 0 atom stereocenters. The number of nitrogens with zero attached hydrogens (tertiary/aromatic N) is 4. The molecule has 6 nitrogen and oxygen atoms in total. The van der Waals surface area contributed by atoms with Gasteiger partial charge in [-0.05, 0) is 12.1 Å². The third kappa shape index (κ3) is 3.29. The van der Waals surface area contributed by atoms with Crippen molar-refractivity contribution in [3.05, 3.63) is 48.8 Å². The van der Waals surface area contributed by atoms with Crippen molar-refractivity contribution in [1.29, 1.82) is 0 Å². The summed E-state index contributed by atoms with van der Waals surface area (Å²) >= 11 is 0. The Bertz CT molecular complexity index is 837. The van der Waals surface area contributed by atoms with Crippen molar-refractivity contribution in [2.45, 2.75) is 6.61 Å². The Morgan fingerprint density at radius 2 is 1.88 bits per heavy atom. The van der Waals surface area contributed by atoms with Crippen LogP contribution in [0.25, 0.3) is 17.1 Å². The molecule has 3 aromatic rings. The molecule has 0 saturated carbocycles. The standard InChI is InChI=1S/C15H11F3N4O2/c1-23-13-4-11(24-14(17)18)2-3-12(13)9-5-21-22(8-9)15-19-6-10(16)7-20-15/h2-8,14H,1H3. The molecule has 3 rings (SSSR count). The van der Waals surface area contributed by atoms with E-state index in [1.807, 2.05) is 0 Å². The summed E-state index contributed by atoms with van der Waals surface area (Å²) in [5.41, 5.74) is 1.26. The average molecular weight is 336 g/mol. The number of halogens is 3. The summed E-state index contributed by atoms with van der Waals surface area (Å²) in [5, 5.41) is 4.10. The molecule has 0 N–H and O–H groups in total. The smallest absolute Gasteiger partial charge is 0.387 e. The summed E-state index contributed by atoms with van der Waals surface area (Å²) in [6, 6.07) is 4.33. The van der Waals surface area contributed by atoms with Crippen LogP contribution in [-0.2, 0) is 0 Å². The minimum Gasteiger partial charge on any atom is -0.496 e. The molecule has 24 heavy (non-hydrogen) atoms. The summed E-state index contributed by atoms with van der Waals surface area (Å²) in [5.74, 6) is -0.0331. The summed E-state index contributed by atoms with van der Waals surface area (Å²) in [4.78, 5) is 7.65. The lowest BCUT2D eigenvalue weighted by molar-refractivity contribution is -0.0499. The van der Waals surface area contributed by atoms with E-state index in [0.717, 1.165) is 12.4 Å². The first-order valence-electron chi connectivity index (χ1n) is 6.72. The number of aromatic nitrogens is 4. The molecule has 2 aromatic heterocycles. The van der Waals surface area contributed by atoms with Crippen LogP contribution in [0.4, 0.5) is 13.2 Å². The lowest BCUT2D eigenvalue weighted by Crippen LogP contribution is -2.02. The third-order valence-electron chi connectivity index (χ3n) is 3.10. The third-order valence-corrected chi connectivity index (χ3v) is 3.10. The van der Waals surface area contributed by atoms with E-state index in [4.69, 9.17) is 4.74 Å². The lowest BCUT2D eigenvalue weighted by atomic mass is 10.1. The van der Waals surface area contributed by atoms with E-state index in [2.05, 4.69) is 19.8 Å². The van der Waals surface area contributed by atoms with Crippen molar-refractivity contribution in [2.75, 3.05) is 7.11 Å². The highest BCUT2D eigenvalue weighted by atomic mass is 19.3. The van der Waals surface area contributed by atoms with Gasteiger partial charge in [-0.3, -0.25) is 0 Å². The largest absolute Gasteiger partial charge is 0.496 e. The van der Waals surface area contributed by atoms with Crippen LogP contribution in [0.2, 0.25) is 0 Å². The van der Waals surface area contributed by atoms with Crippen LogP contribution in [0.15, 0.2) is 43.0 Å². The highest BCUT2D eigenvalue weighted by Crippen LogP contribution is 2.33. The fourth-order valence-corrected chi connectivity index (χ4v) is 2.08. The first-order valence-corrected chi connectivity index (χ1v) is 6.72. The monoisotopic (exact) mass is 336 g/mol. The molecule has 0 unspecified atom stereocenters. The molecular weight excluding hydrogens is 325 g/mol. The van der Waals surface area contributed by atoms with Gasteiger partial charge in [0.25, 0.3) is 5.95 Å². The first kappa shape index (κ1) is 15.8. The van der Waals surface area contributed by atoms with Gasteiger partial charge in [0.05, 0.1) is 25.7 Å². The van der Waals surface area contributed by atoms with Crippen molar-refractivity contribution >= 4 is 0 Å². The molecule has 0 aliphatic carbocycles. The van der Waals surface area contributed by atoms with Gasteiger partial charge < -0.3 is 9.47 Å².